The van der Waals surface area contributed by atoms with Crippen LogP contribution in [-0.2, 0) is 16.2 Å². The van der Waals surface area contributed by atoms with Crippen LogP contribution < -0.4 is 5.14 Å². The van der Waals surface area contributed by atoms with E-state index in [9.17, 15) is 21.6 Å². The predicted octanol–water partition coefficient (Wildman–Crippen LogP) is 3.51. The Morgan fingerprint density at radius 3 is 2.08 bits per heavy atom. The molecule has 0 saturated carbocycles. The number of nitrogens with zero attached hydrogens (tertiary/aromatic N) is 2. The van der Waals surface area contributed by atoms with Gasteiger partial charge < -0.3 is 0 Å². The van der Waals surface area contributed by atoms with Crippen LogP contribution >= 0.6 is 0 Å². The highest BCUT2D eigenvalue weighted by Crippen LogP contribution is 2.32. The highest BCUT2D eigenvalue weighted by atomic mass is 32.2. The summed E-state index contributed by atoms with van der Waals surface area (Å²) in [5.41, 5.74) is 0.755. The fourth-order valence-electron chi connectivity index (χ4n) is 2.42. The summed E-state index contributed by atoms with van der Waals surface area (Å²) in [7, 11) is -3.89. The van der Waals surface area contributed by atoms with Crippen molar-refractivity contribution in [1.29, 1.82) is 0 Å². The van der Waals surface area contributed by atoms with Gasteiger partial charge in [0.15, 0.2) is 5.69 Å². The number of halogens is 3. The third-order valence-electron chi connectivity index (χ3n) is 3.75. The number of aryl methyl sites for hydroxylation is 1. The molecule has 0 atom stereocenters. The molecule has 0 spiro atoms. The third kappa shape index (κ3) is 3.63. The maximum Gasteiger partial charge on any atom is 0.434 e. The van der Waals surface area contributed by atoms with Gasteiger partial charge in [0.1, 0.15) is 5.82 Å². The molecule has 0 saturated heterocycles. The molecular weight excluding hydrogens is 367 g/mol. The fourth-order valence-corrected chi connectivity index (χ4v) is 2.93. The van der Waals surface area contributed by atoms with Crippen molar-refractivity contribution >= 4 is 10.0 Å². The van der Waals surface area contributed by atoms with E-state index >= 15 is 0 Å². The summed E-state index contributed by atoms with van der Waals surface area (Å²) in [4.78, 5) is 3.57. The molecule has 136 valence electrons. The van der Waals surface area contributed by atoms with Gasteiger partial charge >= 0.3 is 6.18 Å². The normalized spacial score (nSPS) is 12.3. The molecule has 26 heavy (non-hydrogen) atoms. The van der Waals surface area contributed by atoms with Gasteiger partial charge in [-0.2, -0.15) is 13.2 Å². The third-order valence-corrected chi connectivity index (χ3v) is 4.68. The van der Waals surface area contributed by atoms with Crippen LogP contribution in [0.5, 0.6) is 0 Å². The molecule has 3 rings (SSSR count). The highest BCUT2D eigenvalue weighted by molar-refractivity contribution is 7.89. The summed E-state index contributed by atoms with van der Waals surface area (Å²) in [5, 5.41) is 5.04. The van der Waals surface area contributed by atoms with Gasteiger partial charge in [-0.05, 0) is 43.3 Å². The van der Waals surface area contributed by atoms with Crippen molar-refractivity contribution in [2.24, 2.45) is 5.14 Å². The highest BCUT2D eigenvalue weighted by Gasteiger charge is 2.35. The van der Waals surface area contributed by atoms with Crippen LogP contribution in [0.2, 0.25) is 0 Å². The first-order valence-electron chi connectivity index (χ1n) is 7.42. The van der Waals surface area contributed by atoms with Crippen LogP contribution in [0.3, 0.4) is 0 Å². The second-order valence-corrected chi connectivity index (χ2v) is 7.28. The molecule has 0 unspecified atom stereocenters. The second-order valence-electron chi connectivity index (χ2n) is 5.72. The molecule has 0 amide bonds. The molecule has 9 heteroatoms. The van der Waals surface area contributed by atoms with E-state index in [1.165, 1.54) is 28.8 Å². The summed E-state index contributed by atoms with van der Waals surface area (Å²) in [6.45, 7) is 1.87. The molecule has 3 aromatic rings. The molecule has 0 aliphatic heterocycles. The van der Waals surface area contributed by atoms with Gasteiger partial charge in [0.2, 0.25) is 10.0 Å². The Kier molecular flexibility index (Phi) is 4.37. The molecule has 1 heterocycles. The molecule has 0 radical (unpaired) electrons. The Labute approximate surface area is 148 Å². The van der Waals surface area contributed by atoms with E-state index in [0.717, 1.165) is 11.8 Å². The Bertz CT molecular complexity index is 1040. The number of nitrogens with two attached hydrogens (primary N) is 1. The largest absolute Gasteiger partial charge is 0.434 e. The minimum Gasteiger partial charge on any atom is -0.299 e. The maximum absolute atomic E-state index is 13.1. The summed E-state index contributed by atoms with van der Waals surface area (Å²) in [5.74, 6) is 0.0437. The monoisotopic (exact) mass is 381 g/mol. The minimum atomic E-state index is -4.61. The standard InChI is InChI=1S/C17H14F3N3O2S/c1-11-2-6-13(7-3-11)23-10-15(17(18,19)20)22-16(23)12-4-8-14(9-5-12)26(21,24)25/h2-10H,1H3,(H2,21,24,25). The number of primary sulfonamides is 1. The number of benzene rings is 2. The first kappa shape index (κ1) is 18.2. The van der Waals surface area contributed by atoms with E-state index in [4.69, 9.17) is 5.14 Å². The lowest BCUT2D eigenvalue weighted by molar-refractivity contribution is -0.140. The minimum absolute atomic E-state index is 0.0437. The lowest BCUT2D eigenvalue weighted by atomic mass is 10.2. The topological polar surface area (TPSA) is 78.0 Å². The van der Waals surface area contributed by atoms with E-state index in [2.05, 4.69) is 4.98 Å². The lowest BCUT2D eigenvalue weighted by Gasteiger charge is -2.08. The number of sulfonamides is 1. The van der Waals surface area contributed by atoms with Crippen molar-refractivity contribution in [2.45, 2.75) is 18.0 Å². The zero-order valence-corrected chi connectivity index (χ0v) is 14.3. The van der Waals surface area contributed by atoms with E-state index in [1.807, 2.05) is 6.92 Å². The molecular formula is C17H14F3N3O2S. The average Bonchev–Trinajstić information content (AvgIpc) is 3.00. The van der Waals surface area contributed by atoms with Crippen molar-refractivity contribution < 1.29 is 21.6 Å². The predicted molar refractivity (Wildman–Crippen MR) is 90.1 cm³/mol. The molecule has 2 N–H and O–H groups in total. The summed E-state index contributed by atoms with van der Waals surface area (Å²) >= 11 is 0. The number of hydrogen-bond acceptors (Lipinski definition) is 3. The van der Waals surface area contributed by atoms with Gasteiger partial charge in [-0.15, -0.1) is 0 Å². The number of rotatable bonds is 3. The van der Waals surface area contributed by atoms with Crippen molar-refractivity contribution in [3.05, 3.63) is 66.0 Å². The van der Waals surface area contributed by atoms with Crippen LogP contribution in [0.15, 0.2) is 59.6 Å². The van der Waals surface area contributed by atoms with Crippen LogP contribution in [-0.4, -0.2) is 18.0 Å². The van der Waals surface area contributed by atoms with Gasteiger partial charge in [0, 0.05) is 17.4 Å². The van der Waals surface area contributed by atoms with Gasteiger partial charge in [0.25, 0.3) is 0 Å². The smallest absolute Gasteiger partial charge is 0.299 e. The Morgan fingerprint density at radius 1 is 1.00 bits per heavy atom. The number of hydrogen-bond donors (Lipinski definition) is 1. The zero-order valence-electron chi connectivity index (χ0n) is 13.5. The zero-order chi connectivity index (χ0) is 19.1. The molecule has 0 aliphatic carbocycles. The molecule has 5 nitrogen and oxygen atoms in total. The molecule has 2 aromatic carbocycles. The second kappa shape index (κ2) is 6.26. The van der Waals surface area contributed by atoms with E-state index in [1.54, 1.807) is 24.3 Å². The van der Waals surface area contributed by atoms with E-state index < -0.39 is 21.9 Å². The fraction of sp³-hybridized carbons (Fsp3) is 0.118. The average molecular weight is 381 g/mol. The van der Waals surface area contributed by atoms with Crippen LogP contribution in [0.1, 0.15) is 11.3 Å². The number of imidazole rings is 1. The van der Waals surface area contributed by atoms with Gasteiger partial charge in [-0.1, -0.05) is 17.7 Å². The van der Waals surface area contributed by atoms with Gasteiger partial charge in [0.05, 0.1) is 4.90 Å². The lowest BCUT2D eigenvalue weighted by Crippen LogP contribution is -2.11. The first-order chi connectivity index (χ1) is 12.1. The first-order valence-corrected chi connectivity index (χ1v) is 8.97. The maximum atomic E-state index is 13.1. The quantitative estimate of drug-likeness (QED) is 0.754. The van der Waals surface area contributed by atoms with Crippen molar-refractivity contribution in [1.82, 2.24) is 9.55 Å². The van der Waals surface area contributed by atoms with Crippen molar-refractivity contribution in [3.8, 4) is 17.1 Å². The van der Waals surface area contributed by atoms with Crippen molar-refractivity contribution in [3.63, 3.8) is 0 Å². The SMILES string of the molecule is Cc1ccc(-n2cc(C(F)(F)F)nc2-c2ccc(S(N)(=O)=O)cc2)cc1. The number of alkyl halides is 3. The summed E-state index contributed by atoms with van der Waals surface area (Å²) in [6.07, 6.45) is -3.70. The van der Waals surface area contributed by atoms with Gasteiger partial charge in [-0.3, -0.25) is 4.57 Å². The van der Waals surface area contributed by atoms with E-state index in [-0.39, 0.29) is 10.7 Å². The Balaban J connectivity index is 2.16. The van der Waals surface area contributed by atoms with E-state index in [0.29, 0.717) is 11.3 Å². The van der Waals surface area contributed by atoms with Crippen molar-refractivity contribution in [2.75, 3.05) is 0 Å². The summed E-state index contributed by atoms with van der Waals surface area (Å²) in [6, 6.07) is 12.1. The van der Waals surface area contributed by atoms with Crippen LogP contribution in [0, 0.1) is 6.92 Å². The molecule has 0 bridgehead atoms. The molecule has 1 aromatic heterocycles. The molecule has 0 aliphatic rings. The number of aromatic nitrogens is 2. The molecule has 0 fully saturated rings. The Hall–Kier alpha value is -2.65. The Morgan fingerprint density at radius 2 is 1.58 bits per heavy atom. The van der Waals surface area contributed by atoms with Crippen LogP contribution in [0.4, 0.5) is 13.2 Å². The summed E-state index contributed by atoms with van der Waals surface area (Å²) < 4.78 is 63.4. The van der Waals surface area contributed by atoms with Crippen LogP contribution in [0.25, 0.3) is 17.1 Å². The van der Waals surface area contributed by atoms with Gasteiger partial charge in [-0.25, -0.2) is 18.5 Å².